The molecule has 2 atom stereocenters. The Labute approximate surface area is 83.6 Å². The molecule has 0 aromatic carbocycles. The second-order valence-electron chi connectivity index (χ2n) is 3.84. The summed E-state index contributed by atoms with van der Waals surface area (Å²) in [6, 6.07) is 0. The summed E-state index contributed by atoms with van der Waals surface area (Å²) in [6.07, 6.45) is 5.85. The molecule has 1 aromatic rings. The SMILES string of the molecule is CC1CCN(c2cnccn2)CC1O. The highest BCUT2D eigenvalue weighted by Gasteiger charge is 2.24. The fourth-order valence-corrected chi connectivity index (χ4v) is 1.71. The minimum absolute atomic E-state index is 0.245. The van der Waals surface area contributed by atoms with E-state index in [2.05, 4.69) is 21.8 Å². The Morgan fingerprint density at radius 2 is 2.36 bits per heavy atom. The standard InChI is InChI=1S/C10H15N3O/c1-8-2-5-13(7-9(8)14)10-6-11-3-4-12-10/h3-4,6,8-9,14H,2,5,7H2,1H3. The fraction of sp³-hybridized carbons (Fsp3) is 0.600. The van der Waals surface area contributed by atoms with Crippen LogP contribution in [0, 0.1) is 5.92 Å². The first-order valence-corrected chi connectivity index (χ1v) is 4.96. The van der Waals surface area contributed by atoms with E-state index in [9.17, 15) is 5.11 Å². The third-order valence-electron chi connectivity index (χ3n) is 2.79. The summed E-state index contributed by atoms with van der Waals surface area (Å²) in [7, 11) is 0. The Bertz CT molecular complexity index is 291. The average molecular weight is 193 g/mol. The number of β-amino-alcohol motifs (C(OH)–C–C–N with tert-alkyl or cyclic N) is 1. The van der Waals surface area contributed by atoms with Crippen molar-refractivity contribution in [3.63, 3.8) is 0 Å². The van der Waals surface area contributed by atoms with Crippen LogP contribution in [0.15, 0.2) is 18.6 Å². The van der Waals surface area contributed by atoms with Crippen molar-refractivity contribution in [2.75, 3.05) is 18.0 Å². The van der Waals surface area contributed by atoms with E-state index < -0.39 is 0 Å². The summed E-state index contributed by atoms with van der Waals surface area (Å²) in [5.74, 6) is 1.25. The number of hydrogen-bond donors (Lipinski definition) is 1. The van der Waals surface area contributed by atoms with Crippen LogP contribution in [0.1, 0.15) is 13.3 Å². The molecule has 0 bridgehead atoms. The molecule has 1 aliphatic rings. The largest absolute Gasteiger partial charge is 0.391 e. The van der Waals surface area contributed by atoms with Gasteiger partial charge in [0.05, 0.1) is 12.3 Å². The zero-order valence-corrected chi connectivity index (χ0v) is 8.30. The molecule has 2 unspecified atom stereocenters. The Kier molecular flexibility index (Phi) is 2.63. The van der Waals surface area contributed by atoms with Gasteiger partial charge in [-0.2, -0.15) is 0 Å². The minimum Gasteiger partial charge on any atom is -0.391 e. The van der Waals surface area contributed by atoms with Crippen molar-refractivity contribution in [3.05, 3.63) is 18.6 Å². The lowest BCUT2D eigenvalue weighted by molar-refractivity contribution is 0.102. The number of piperidine rings is 1. The van der Waals surface area contributed by atoms with E-state index in [1.807, 2.05) is 0 Å². The zero-order valence-electron chi connectivity index (χ0n) is 8.30. The van der Waals surface area contributed by atoms with Crippen LogP contribution in [0.5, 0.6) is 0 Å². The lowest BCUT2D eigenvalue weighted by Gasteiger charge is -2.34. The second-order valence-corrected chi connectivity index (χ2v) is 3.84. The number of nitrogens with zero attached hydrogens (tertiary/aromatic N) is 3. The van der Waals surface area contributed by atoms with Crippen molar-refractivity contribution in [1.29, 1.82) is 0 Å². The minimum atomic E-state index is -0.245. The van der Waals surface area contributed by atoms with E-state index in [1.165, 1.54) is 0 Å². The summed E-state index contributed by atoms with van der Waals surface area (Å²) in [5, 5.41) is 9.72. The predicted molar refractivity (Wildman–Crippen MR) is 54.0 cm³/mol. The molecule has 76 valence electrons. The number of rotatable bonds is 1. The van der Waals surface area contributed by atoms with Crippen molar-refractivity contribution in [2.45, 2.75) is 19.4 Å². The van der Waals surface area contributed by atoms with E-state index in [4.69, 9.17) is 0 Å². The monoisotopic (exact) mass is 193 g/mol. The smallest absolute Gasteiger partial charge is 0.147 e. The highest BCUT2D eigenvalue weighted by molar-refractivity contribution is 5.35. The third kappa shape index (κ3) is 1.85. The second kappa shape index (κ2) is 3.92. The average Bonchev–Trinajstić information content (AvgIpc) is 2.23. The lowest BCUT2D eigenvalue weighted by atomic mass is 9.96. The maximum absolute atomic E-state index is 9.72. The van der Waals surface area contributed by atoms with E-state index in [0.717, 1.165) is 18.8 Å². The van der Waals surface area contributed by atoms with Gasteiger partial charge in [-0.1, -0.05) is 6.92 Å². The first kappa shape index (κ1) is 9.40. The van der Waals surface area contributed by atoms with E-state index in [-0.39, 0.29) is 6.10 Å². The number of hydrogen-bond acceptors (Lipinski definition) is 4. The highest BCUT2D eigenvalue weighted by atomic mass is 16.3. The quantitative estimate of drug-likeness (QED) is 0.712. The van der Waals surface area contributed by atoms with Gasteiger partial charge >= 0.3 is 0 Å². The van der Waals surface area contributed by atoms with Crippen LogP contribution < -0.4 is 4.90 Å². The number of aliphatic hydroxyl groups is 1. The molecule has 0 aliphatic carbocycles. The summed E-state index contributed by atoms with van der Waals surface area (Å²) < 4.78 is 0. The lowest BCUT2D eigenvalue weighted by Crippen LogP contribution is -2.43. The van der Waals surface area contributed by atoms with Crippen molar-refractivity contribution in [2.24, 2.45) is 5.92 Å². The maximum Gasteiger partial charge on any atom is 0.147 e. The van der Waals surface area contributed by atoms with Gasteiger partial charge in [0, 0.05) is 25.5 Å². The van der Waals surface area contributed by atoms with Gasteiger partial charge in [0.25, 0.3) is 0 Å². The number of anilines is 1. The molecule has 1 aliphatic heterocycles. The van der Waals surface area contributed by atoms with Crippen molar-refractivity contribution >= 4 is 5.82 Å². The molecule has 0 radical (unpaired) electrons. The van der Waals surface area contributed by atoms with Crippen LogP contribution in [-0.2, 0) is 0 Å². The molecule has 0 amide bonds. The molecule has 14 heavy (non-hydrogen) atoms. The van der Waals surface area contributed by atoms with Crippen LogP contribution in [0.3, 0.4) is 0 Å². The molecule has 1 saturated heterocycles. The van der Waals surface area contributed by atoms with Crippen LogP contribution in [0.2, 0.25) is 0 Å². The normalized spacial score (nSPS) is 27.7. The molecule has 1 N–H and O–H groups in total. The first-order valence-electron chi connectivity index (χ1n) is 4.96. The Morgan fingerprint density at radius 3 is 3.00 bits per heavy atom. The maximum atomic E-state index is 9.72. The summed E-state index contributed by atoms with van der Waals surface area (Å²) in [5.41, 5.74) is 0. The van der Waals surface area contributed by atoms with E-state index >= 15 is 0 Å². The van der Waals surface area contributed by atoms with Gasteiger partial charge in [0.1, 0.15) is 5.82 Å². The number of aliphatic hydroxyl groups excluding tert-OH is 1. The topological polar surface area (TPSA) is 49.2 Å². The summed E-state index contributed by atoms with van der Waals surface area (Å²) in [6.45, 7) is 3.70. The summed E-state index contributed by atoms with van der Waals surface area (Å²) in [4.78, 5) is 10.3. The van der Waals surface area contributed by atoms with Crippen LogP contribution in [0.25, 0.3) is 0 Å². The van der Waals surface area contributed by atoms with Crippen molar-refractivity contribution in [3.8, 4) is 0 Å². The van der Waals surface area contributed by atoms with Crippen LogP contribution >= 0.6 is 0 Å². The molecule has 2 rings (SSSR count). The van der Waals surface area contributed by atoms with Gasteiger partial charge in [-0.15, -0.1) is 0 Å². The van der Waals surface area contributed by atoms with Crippen LogP contribution in [0.4, 0.5) is 5.82 Å². The third-order valence-corrected chi connectivity index (χ3v) is 2.79. The molecular formula is C10H15N3O. The summed E-state index contributed by atoms with van der Waals surface area (Å²) >= 11 is 0. The van der Waals surface area contributed by atoms with Crippen molar-refractivity contribution in [1.82, 2.24) is 9.97 Å². The Morgan fingerprint density at radius 1 is 1.50 bits per heavy atom. The van der Waals surface area contributed by atoms with Gasteiger partial charge < -0.3 is 10.0 Å². The highest BCUT2D eigenvalue weighted by Crippen LogP contribution is 2.20. The van der Waals surface area contributed by atoms with Gasteiger partial charge in [-0.05, 0) is 12.3 Å². The van der Waals surface area contributed by atoms with Crippen molar-refractivity contribution < 1.29 is 5.11 Å². The first-order chi connectivity index (χ1) is 6.77. The molecule has 0 spiro atoms. The predicted octanol–water partition coefficient (Wildman–Crippen LogP) is 0.684. The zero-order chi connectivity index (χ0) is 9.97. The Hall–Kier alpha value is -1.16. The fourth-order valence-electron chi connectivity index (χ4n) is 1.71. The molecule has 1 aromatic heterocycles. The van der Waals surface area contributed by atoms with Crippen LogP contribution in [-0.4, -0.2) is 34.3 Å². The van der Waals surface area contributed by atoms with Gasteiger partial charge in [-0.3, -0.25) is 4.98 Å². The molecule has 1 fully saturated rings. The van der Waals surface area contributed by atoms with Gasteiger partial charge in [0.2, 0.25) is 0 Å². The van der Waals surface area contributed by atoms with E-state index in [0.29, 0.717) is 12.5 Å². The molecule has 0 saturated carbocycles. The molecule has 4 nitrogen and oxygen atoms in total. The Balaban J connectivity index is 2.07. The molecule has 2 heterocycles. The van der Waals surface area contributed by atoms with Gasteiger partial charge in [0.15, 0.2) is 0 Å². The van der Waals surface area contributed by atoms with E-state index in [1.54, 1.807) is 18.6 Å². The van der Waals surface area contributed by atoms with Gasteiger partial charge in [-0.25, -0.2) is 4.98 Å². The number of aromatic nitrogens is 2. The molecular weight excluding hydrogens is 178 g/mol. The molecule has 4 heteroatoms.